The van der Waals surface area contributed by atoms with Crippen molar-refractivity contribution in [3.63, 3.8) is 0 Å². The minimum atomic E-state index is -1.63. The van der Waals surface area contributed by atoms with Crippen molar-refractivity contribution in [3.8, 4) is 0 Å². The summed E-state index contributed by atoms with van der Waals surface area (Å²) in [5.41, 5.74) is 1.64. The topological polar surface area (TPSA) is 34.3 Å². The zero-order valence-corrected chi connectivity index (χ0v) is 6.12. The van der Waals surface area contributed by atoms with Crippen molar-refractivity contribution in [1.82, 2.24) is 0 Å². The molecule has 2 aliphatic heterocycles. The van der Waals surface area contributed by atoms with Crippen LogP contribution < -0.4 is 5.46 Å². The molecule has 1 spiro atoms. The third-order valence-corrected chi connectivity index (χ3v) is 2.22. The lowest BCUT2D eigenvalue weighted by Crippen LogP contribution is -2.32. The predicted molar refractivity (Wildman–Crippen MR) is 38.7 cm³/mol. The Kier molecular flexibility index (Phi) is 1.03. The van der Waals surface area contributed by atoms with Crippen LogP contribution in [0.25, 0.3) is 0 Å². The maximum Gasteiger partial charge on any atom is 0.454 e. The summed E-state index contributed by atoms with van der Waals surface area (Å²) in [4.78, 5) is 9.48. The van der Waals surface area contributed by atoms with Crippen LogP contribution in [0.15, 0.2) is 18.2 Å². The number of hydrogen-bond donors (Lipinski definition) is 0. The Hall–Kier alpha value is -0.905. The van der Waals surface area contributed by atoms with Gasteiger partial charge >= 0.3 is 6.75 Å². The van der Waals surface area contributed by atoms with E-state index in [9.17, 15) is 4.39 Å². The fourth-order valence-electron chi connectivity index (χ4n) is 1.54. The van der Waals surface area contributed by atoms with Crippen LogP contribution in [-0.2, 0) is 20.9 Å². The maximum absolute atomic E-state index is 12.7. The molecule has 0 saturated carbocycles. The van der Waals surface area contributed by atoms with Crippen LogP contribution in [0, 0.1) is 5.82 Å². The van der Waals surface area contributed by atoms with Gasteiger partial charge in [0.25, 0.3) is 0 Å². The molecule has 0 aliphatic carbocycles. The van der Waals surface area contributed by atoms with Crippen LogP contribution in [0.3, 0.4) is 0 Å². The number of benzene rings is 1. The van der Waals surface area contributed by atoms with E-state index in [0.717, 1.165) is 11.0 Å². The zero-order chi connectivity index (χ0) is 8.18. The van der Waals surface area contributed by atoms with E-state index in [1.54, 1.807) is 6.07 Å². The highest BCUT2D eigenvalue weighted by atomic mass is 19.1. The Morgan fingerprint density at radius 1 is 1.33 bits per heavy atom. The highest BCUT2D eigenvalue weighted by Crippen LogP contribution is 2.32. The molecule has 3 rings (SSSR count). The molecule has 0 amide bonds. The first-order valence-corrected chi connectivity index (χ1v) is 3.73. The summed E-state index contributed by atoms with van der Waals surface area (Å²) in [6, 6.07) is 4.46. The lowest BCUT2D eigenvalue weighted by Gasteiger charge is -2.03. The molecule has 1 aromatic carbocycles. The smallest absolute Gasteiger partial charge is 0.454 e. The third-order valence-electron chi connectivity index (χ3n) is 2.22. The molecule has 1 aromatic rings. The van der Waals surface area contributed by atoms with Crippen LogP contribution >= 0.6 is 0 Å². The van der Waals surface area contributed by atoms with Gasteiger partial charge in [-0.2, -0.15) is 0 Å². The first-order valence-electron chi connectivity index (χ1n) is 3.73. The molecule has 1 fully saturated rings. The normalized spacial score (nSPS) is 22.8. The van der Waals surface area contributed by atoms with Gasteiger partial charge in [0.2, 0.25) is 0 Å². The average molecular weight is 167 g/mol. The number of rotatable bonds is 0. The summed E-state index contributed by atoms with van der Waals surface area (Å²) in [6.45, 7) is -1.26. The summed E-state index contributed by atoms with van der Waals surface area (Å²) < 4.78 is 17.9. The van der Waals surface area contributed by atoms with Gasteiger partial charge in [-0.15, -0.1) is 5.46 Å². The van der Waals surface area contributed by atoms with Crippen molar-refractivity contribution in [2.75, 3.05) is 0 Å². The van der Waals surface area contributed by atoms with Gasteiger partial charge in [-0.05, 0) is 12.1 Å². The van der Waals surface area contributed by atoms with Crippen LogP contribution in [0.2, 0.25) is 0 Å². The molecule has 0 N–H and O–H groups in total. The van der Waals surface area contributed by atoms with Crippen molar-refractivity contribution in [1.29, 1.82) is 0 Å². The van der Waals surface area contributed by atoms with E-state index in [4.69, 9.17) is 14.3 Å². The molecule has 5 heteroatoms. The Morgan fingerprint density at radius 2 is 2.17 bits per heavy atom. The van der Waals surface area contributed by atoms with E-state index in [1.165, 1.54) is 12.1 Å². The van der Waals surface area contributed by atoms with Crippen LogP contribution in [0.5, 0.6) is 0 Å². The Balaban J connectivity index is 2.18. The molecular formula is C7H5BFO3-. The fraction of sp³-hybridized carbons (Fsp3) is 0.143. The Bertz CT molecular complexity index is 351. The van der Waals surface area contributed by atoms with Crippen molar-refractivity contribution >= 4 is 12.2 Å². The second kappa shape index (κ2) is 1.88. The molecule has 2 aliphatic rings. The van der Waals surface area contributed by atoms with E-state index >= 15 is 0 Å². The first-order chi connectivity index (χ1) is 5.80. The molecule has 0 aromatic heterocycles. The summed E-state index contributed by atoms with van der Waals surface area (Å²) in [7, 11) is 0. The Labute approximate surface area is 68.0 Å². The lowest BCUT2D eigenvalue weighted by atomic mass is 9.73. The molecule has 0 unspecified atom stereocenters. The van der Waals surface area contributed by atoms with Crippen LogP contribution in [0.1, 0.15) is 5.56 Å². The molecule has 0 bridgehead atoms. The zero-order valence-electron chi connectivity index (χ0n) is 6.12. The van der Waals surface area contributed by atoms with E-state index in [0.29, 0.717) is 6.61 Å². The second-order valence-electron chi connectivity index (χ2n) is 2.99. The minimum absolute atomic E-state index is 0.258. The molecule has 2 heterocycles. The Morgan fingerprint density at radius 3 is 2.92 bits per heavy atom. The van der Waals surface area contributed by atoms with Gasteiger partial charge in [0.15, 0.2) is 0 Å². The molecule has 0 atom stereocenters. The number of hydrogen-bond acceptors (Lipinski definition) is 3. The number of fused-ring (bicyclic) bond motifs is 2. The quantitative estimate of drug-likeness (QED) is 0.319. The molecule has 12 heavy (non-hydrogen) atoms. The number of halogens is 1. The van der Waals surface area contributed by atoms with E-state index < -0.39 is 6.75 Å². The third kappa shape index (κ3) is 0.704. The summed E-state index contributed by atoms with van der Waals surface area (Å²) in [6.07, 6.45) is 0. The largest absolute Gasteiger partial charge is 0.535 e. The molecule has 62 valence electrons. The van der Waals surface area contributed by atoms with Crippen molar-refractivity contribution in [2.45, 2.75) is 6.61 Å². The molecular weight excluding hydrogens is 162 g/mol. The lowest BCUT2D eigenvalue weighted by molar-refractivity contribution is 0.0850. The monoisotopic (exact) mass is 167 g/mol. The maximum atomic E-state index is 12.7. The van der Waals surface area contributed by atoms with Gasteiger partial charge < -0.3 is 14.3 Å². The predicted octanol–water partition coefficient (Wildman–Crippen LogP) is 0.464. The highest BCUT2D eigenvalue weighted by Gasteiger charge is 2.50. The van der Waals surface area contributed by atoms with Gasteiger partial charge in [-0.3, -0.25) is 0 Å². The van der Waals surface area contributed by atoms with E-state index in [1.807, 2.05) is 0 Å². The summed E-state index contributed by atoms with van der Waals surface area (Å²) >= 11 is 0. The standard InChI is InChI=1S/C7H5BFO3/c9-6-1-2-7-5(3-6)4-10-8(7)11-12-8/h1-3H,4H2/q-1. The van der Waals surface area contributed by atoms with Crippen molar-refractivity contribution < 1.29 is 18.7 Å². The summed E-state index contributed by atoms with van der Waals surface area (Å²) in [5, 5.41) is 0. The minimum Gasteiger partial charge on any atom is -0.535 e. The van der Waals surface area contributed by atoms with Gasteiger partial charge in [-0.25, -0.2) is 4.39 Å². The summed E-state index contributed by atoms with van der Waals surface area (Å²) in [5.74, 6) is -0.258. The SMILES string of the molecule is Fc1ccc2c(c1)CO[B-]21OO1. The van der Waals surface area contributed by atoms with Crippen LogP contribution in [-0.4, -0.2) is 6.75 Å². The van der Waals surface area contributed by atoms with Gasteiger partial charge in [0, 0.05) is 6.61 Å². The van der Waals surface area contributed by atoms with Crippen LogP contribution in [0.4, 0.5) is 4.39 Å². The van der Waals surface area contributed by atoms with E-state index in [-0.39, 0.29) is 5.82 Å². The van der Waals surface area contributed by atoms with Gasteiger partial charge in [0.1, 0.15) is 5.82 Å². The van der Waals surface area contributed by atoms with Crippen molar-refractivity contribution in [3.05, 3.63) is 29.6 Å². The molecule has 3 nitrogen and oxygen atoms in total. The van der Waals surface area contributed by atoms with Gasteiger partial charge in [-0.1, -0.05) is 11.6 Å². The first kappa shape index (κ1) is 6.59. The van der Waals surface area contributed by atoms with E-state index in [2.05, 4.69) is 0 Å². The fourth-order valence-corrected chi connectivity index (χ4v) is 1.54. The second-order valence-corrected chi connectivity index (χ2v) is 2.99. The highest BCUT2D eigenvalue weighted by molar-refractivity contribution is 6.80. The molecule has 0 radical (unpaired) electrons. The average Bonchev–Trinajstić information content (AvgIpc) is 2.73. The van der Waals surface area contributed by atoms with Crippen molar-refractivity contribution in [2.24, 2.45) is 0 Å². The van der Waals surface area contributed by atoms with Gasteiger partial charge in [0.05, 0.1) is 0 Å². The molecule has 1 saturated heterocycles.